The first-order valence-corrected chi connectivity index (χ1v) is 30.3. The smallest absolute Gasteiger partial charge is 0.280 e. The third-order valence-electron chi connectivity index (χ3n) is 14.1. The molecule has 0 bridgehead atoms. The third-order valence-corrected chi connectivity index (χ3v) is 15.9. The topological polar surface area (TPSA) is 302 Å². The van der Waals surface area contributed by atoms with Crippen molar-refractivity contribution in [1.82, 2.24) is 51.7 Å². The zero-order chi connectivity index (χ0) is 62.9. The fraction of sp³-hybridized carbons (Fsp3) is 0.500. The molecule has 0 spiro atoms. The van der Waals surface area contributed by atoms with Crippen LogP contribution in [-0.2, 0) is 24.0 Å². The first-order chi connectivity index (χ1) is 41.3. The van der Waals surface area contributed by atoms with Crippen LogP contribution in [-0.4, -0.2) is 163 Å². The lowest BCUT2D eigenvalue weighted by Crippen LogP contribution is -2.55. The standard InChI is InChI=1S/C24H22N6O4S2.C16H29N3O3.C10H19N3O2.C6H12.3C2H2/c25-19-17(14-7-3-1-4-8-14)29-23(35-19)20(33)26-11-16(32)12-27-21(34)24-30-18(22(36-24)28-13-31)15-9-5-2-6-10-15;1-17-10-14(21)18-15(12-6-3-2-4-7-12)16(22)19-9-5-8-13(19)11-20;1-8(11-2)10(15)12-7-9(14)13-5-3-4-6-13;1-2-4-6-5-3-1;3*1-2/h1-10,13,16,32H,11-12,25H2,(H,26,33)(H,27,34)(H,28,31);12-13,15,17,20H,2-11H2,1H3,(H,18,21);8,11H,3-7H2,1-2H3,(H,12,15);1-6H2;3*1-2H/t;;8-;;;;/m..0..../s1. The predicted molar refractivity (Wildman–Crippen MR) is 339 cm³/mol. The number of benzene rings is 2. The van der Waals surface area contributed by atoms with Crippen LogP contribution in [0.25, 0.3) is 22.5 Å². The number of aliphatic hydroxyl groups is 2. The molecule has 23 heteroatoms. The van der Waals surface area contributed by atoms with Crippen molar-refractivity contribution in [2.24, 2.45) is 5.92 Å². The lowest BCUT2D eigenvalue weighted by molar-refractivity contribution is -0.139. The summed E-state index contributed by atoms with van der Waals surface area (Å²) in [5, 5.41) is 39.8. The lowest BCUT2D eigenvalue weighted by Gasteiger charge is -2.34. The highest BCUT2D eigenvalue weighted by Gasteiger charge is 2.38. The van der Waals surface area contributed by atoms with Gasteiger partial charge in [0, 0.05) is 43.9 Å². The van der Waals surface area contributed by atoms with E-state index in [0.717, 1.165) is 98.3 Å². The van der Waals surface area contributed by atoms with E-state index in [1.807, 2.05) is 60.7 Å². The molecule has 2 saturated carbocycles. The van der Waals surface area contributed by atoms with E-state index in [9.17, 15) is 43.8 Å². The summed E-state index contributed by atoms with van der Waals surface area (Å²) in [6.45, 7) is 4.23. The maximum absolute atomic E-state index is 12.9. The van der Waals surface area contributed by atoms with Gasteiger partial charge in [0.25, 0.3) is 11.8 Å². The van der Waals surface area contributed by atoms with Gasteiger partial charge in [0.2, 0.25) is 30.0 Å². The number of aromatic nitrogens is 2. The zero-order valence-corrected chi connectivity index (χ0v) is 51.0. The number of anilines is 2. The van der Waals surface area contributed by atoms with Crippen molar-refractivity contribution < 1.29 is 43.8 Å². The SMILES string of the molecule is C#C.C#C.C#C.C1CCCCC1.CNCC(=O)NC(C(=O)N1CCCC1CO)C1CCCCC1.CN[C@@H](C)C(=O)NCC(=O)N1CCCC1.Nc1sc(C(=O)NCC(O)CNC(=O)c2nc(-c3ccccc3)c(NC=O)s2)nc1-c1ccccc1. The molecule has 3 unspecified atom stereocenters. The molecule has 2 saturated heterocycles. The van der Waals surface area contributed by atoms with Crippen molar-refractivity contribution in [3.05, 3.63) is 70.7 Å². The van der Waals surface area contributed by atoms with Crippen LogP contribution in [0.4, 0.5) is 10.0 Å². The Bertz CT molecular complexity index is 2640. The number of carbonyl (C=O) groups is 7. The number of nitrogens with two attached hydrogens (primary N) is 1. The van der Waals surface area contributed by atoms with Crippen molar-refractivity contribution in [2.45, 2.75) is 127 Å². The molecule has 11 N–H and O–H groups in total. The molecule has 7 amide bonds. The van der Waals surface area contributed by atoms with E-state index >= 15 is 0 Å². The fourth-order valence-corrected chi connectivity index (χ4v) is 11.2. The van der Waals surface area contributed by atoms with Gasteiger partial charge in [-0.25, -0.2) is 9.97 Å². The number of hydrogen-bond donors (Lipinski definition) is 10. The Morgan fingerprint density at radius 2 is 1.19 bits per heavy atom. The number of nitrogen functional groups attached to an aromatic ring is 1. The minimum atomic E-state index is -1.05. The Morgan fingerprint density at radius 3 is 1.69 bits per heavy atom. The van der Waals surface area contributed by atoms with Gasteiger partial charge >= 0.3 is 0 Å². The quantitative estimate of drug-likeness (QED) is 0.0398. The van der Waals surface area contributed by atoms with E-state index in [0.29, 0.717) is 34.3 Å². The number of thiazole rings is 2. The van der Waals surface area contributed by atoms with Gasteiger partial charge < -0.3 is 63.0 Å². The maximum Gasteiger partial charge on any atom is 0.280 e. The van der Waals surface area contributed by atoms with Gasteiger partial charge in [-0.15, -0.1) is 38.5 Å². The van der Waals surface area contributed by atoms with Gasteiger partial charge in [-0.05, 0) is 65.5 Å². The van der Waals surface area contributed by atoms with Gasteiger partial charge in [0.05, 0.1) is 37.9 Å². The number of likely N-dealkylation sites (N-methyl/N-ethyl adjacent to an activating group) is 2. The Labute approximate surface area is 510 Å². The van der Waals surface area contributed by atoms with E-state index < -0.39 is 24.0 Å². The number of terminal acetylenes is 3. The van der Waals surface area contributed by atoms with E-state index in [-0.39, 0.29) is 84.4 Å². The summed E-state index contributed by atoms with van der Waals surface area (Å²) in [5.74, 6) is -1.02. The van der Waals surface area contributed by atoms with Crippen LogP contribution in [0.1, 0.15) is 123 Å². The molecule has 2 aromatic carbocycles. The molecule has 2 aromatic heterocycles. The minimum Gasteiger partial charge on any atom is -0.394 e. The molecule has 0 radical (unpaired) electrons. The highest BCUT2D eigenvalue weighted by atomic mass is 32.1. The molecule has 4 aliphatic rings. The van der Waals surface area contributed by atoms with E-state index in [1.165, 1.54) is 44.9 Å². The molecular weight excluding hydrogens is 1120 g/mol. The number of aliphatic hydroxyl groups excluding tert-OH is 2. The Hall–Kier alpha value is -7.69. The second-order valence-corrected chi connectivity index (χ2v) is 21.9. The van der Waals surface area contributed by atoms with Crippen molar-refractivity contribution in [3.63, 3.8) is 0 Å². The normalized spacial score (nSPS) is 16.0. The number of rotatable bonds is 20. The number of carbonyl (C=O) groups excluding carboxylic acids is 7. The summed E-state index contributed by atoms with van der Waals surface area (Å²) in [6.07, 6.45) is 41.9. The molecule has 2 aliphatic carbocycles. The van der Waals surface area contributed by atoms with Gasteiger partial charge in [-0.1, -0.05) is 141 Å². The number of hydrogen-bond acceptors (Lipinski definition) is 16. The van der Waals surface area contributed by atoms with Crippen LogP contribution in [0.2, 0.25) is 0 Å². The van der Waals surface area contributed by atoms with E-state index in [4.69, 9.17) is 5.73 Å². The van der Waals surface area contributed by atoms with Gasteiger partial charge in [0.1, 0.15) is 27.4 Å². The summed E-state index contributed by atoms with van der Waals surface area (Å²) in [5.41, 5.74) is 8.58. The van der Waals surface area contributed by atoms with Crippen LogP contribution < -0.4 is 43.0 Å². The average Bonchev–Trinajstić information content (AvgIpc) is 4.60. The Balaban J connectivity index is 0.000000426. The number of nitrogens with zero attached hydrogens (tertiary/aromatic N) is 4. The predicted octanol–water partition coefficient (Wildman–Crippen LogP) is 5.28. The molecular formula is C62H88N12O9S2. The Kier molecular flexibility index (Phi) is 37.1. The first kappa shape index (κ1) is 73.4. The van der Waals surface area contributed by atoms with Crippen LogP contribution in [0.15, 0.2) is 60.7 Å². The third kappa shape index (κ3) is 25.6. The van der Waals surface area contributed by atoms with Crippen LogP contribution in [0.3, 0.4) is 0 Å². The van der Waals surface area contributed by atoms with Gasteiger partial charge in [-0.3, -0.25) is 33.6 Å². The van der Waals surface area contributed by atoms with Crippen molar-refractivity contribution in [2.75, 3.05) is 77.6 Å². The average molecular weight is 1210 g/mol. The molecule has 4 heterocycles. The maximum atomic E-state index is 12.9. The lowest BCUT2D eigenvalue weighted by atomic mass is 9.83. The van der Waals surface area contributed by atoms with Crippen LogP contribution in [0, 0.1) is 44.5 Å². The second kappa shape index (κ2) is 43.0. The molecule has 21 nitrogen and oxygen atoms in total. The molecule has 85 heavy (non-hydrogen) atoms. The van der Waals surface area contributed by atoms with E-state index in [2.05, 4.69) is 85.7 Å². The van der Waals surface area contributed by atoms with Gasteiger partial charge in [-0.2, -0.15) is 0 Å². The van der Waals surface area contributed by atoms with Crippen molar-refractivity contribution in [3.8, 4) is 61.1 Å². The van der Waals surface area contributed by atoms with Gasteiger partial charge in [0.15, 0.2) is 10.0 Å². The van der Waals surface area contributed by atoms with Crippen LogP contribution >= 0.6 is 22.7 Å². The number of likely N-dealkylation sites (tertiary alicyclic amines) is 2. The summed E-state index contributed by atoms with van der Waals surface area (Å²) in [6, 6.07) is 17.6. The molecule has 2 aliphatic heterocycles. The number of nitrogens with one attached hydrogen (secondary N) is 7. The Morgan fingerprint density at radius 1 is 0.682 bits per heavy atom. The highest BCUT2D eigenvalue weighted by Crippen LogP contribution is 2.34. The minimum absolute atomic E-state index is 0.00657. The van der Waals surface area contributed by atoms with Crippen molar-refractivity contribution in [1.29, 1.82) is 0 Å². The second-order valence-electron chi connectivity index (χ2n) is 19.9. The summed E-state index contributed by atoms with van der Waals surface area (Å²) < 4.78 is 0. The summed E-state index contributed by atoms with van der Waals surface area (Å²) in [4.78, 5) is 96.1. The number of amides is 7. The fourth-order valence-electron chi connectivity index (χ4n) is 9.55. The monoisotopic (exact) mass is 1210 g/mol. The molecule has 4 atom stereocenters. The molecule has 4 fully saturated rings. The van der Waals surface area contributed by atoms with E-state index in [1.54, 1.807) is 30.8 Å². The molecule has 8 rings (SSSR count). The molecule has 462 valence electrons. The highest BCUT2D eigenvalue weighted by molar-refractivity contribution is 7.18. The zero-order valence-electron chi connectivity index (χ0n) is 49.4. The first-order valence-electron chi connectivity index (χ1n) is 28.7. The molecule has 4 aromatic rings. The summed E-state index contributed by atoms with van der Waals surface area (Å²) in [7, 11) is 3.44. The van der Waals surface area contributed by atoms with Crippen molar-refractivity contribution >= 4 is 74.5 Å². The summed E-state index contributed by atoms with van der Waals surface area (Å²) >= 11 is 2.08. The largest absolute Gasteiger partial charge is 0.394 e. The van der Waals surface area contributed by atoms with Crippen LogP contribution in [0.5, 0.6) is 0 Å².